The molecule has 2 heterocycles. The van der Waals surface area contributed by atoms with E-state index in [9.17, 15) is 14.4 Å². The van der Waals surface area contributed by atoms with Gasteiger partial charge in [0.25, 0.3) is 5.91 Å². The summed E-state index contributed by atoms with van der Waals surface area (Å²) in [5.74, 6) is 0.210. The van der Waals surface area contributed by atoms with Crippen molar-refractivity contribution in [1.29, 1.82) is 0 Å². The Kier molecular flexibility index (Phi) is 7.92. The fourth-order valence-electron chi connectivity index (χ4n) is 3.26. The number of amides is 3. The van der Waals surface area contributed by atoms with Gasteiger partial charge in [-0.25, -0.2) is 9.59 Å². The summed E-state index contributed by atoms with van der Waals surface area (Å²) < 4.78 is 11.1. The first-order valence-corrected chi connectivity index (χ1v) is 12.5. The van der Waals surface area contributed by atoms with Gasteiger partial charge >= 0.3 is 12.0 Å². The highest BCUT2D eigenvalue weighted by Crippen LogP contribution is 2.34. The quantitative estimate of drug-likeness (QED) is 0.416. The molecule has 1 fully saturated rings. The van der Waals surface area contributed by atoms with E-state index in [1.165, 1.54) is 0 Å². The molecule has 10 heteroatoms. The zero-order valence-corrected chi connectivity index (χ0v) is 19.3. The molecule has 0 bridgehead atoms. The van der Waals surface area contributed by atoms with E-state index in [0.29, 0.717) is 11.3 Å². The van der Waals surface area contributed by atoms with E-state index in [0.717, 1.165) is 28.8 Å². The van der Waals surface area contributed by atoms with Crippen LogP contribution in [-0.2, 0) is 21.8 Å². The van der Waals surface area contributed by atoms with Crippen molar-refractivity contribution in [2.75, 3.05) is 18.9 Å². The van der Waals surface area contributed by atoms with Gasteiger partial charge in [-0.05, 0) is 11.6 Å². The largest absolute Gasteiger partial charge is 0.450 e. The van der Waals surface area contributed by atoms with Crippen LogP contribution in [0.2, 0.25) is 0 Å². The molecule has 3 N–H and O–H groups in total. The second-order valence-electron chi connectivity index (χ2n) is 7.17. The first-order chi connectivity index (χ1) is 16.1. The minimum atomic E-state index is -0.742. The molecule has 4 rings (SSSR count). The monoisotopic (exact) mass is 485 g/mol. The van der Waals surface area contributed by atoms with Gasteiger partial charge in [-0.15, -0.1) is 23.5 Å². The standard InChI is InChI=1S/C23H23N3O5S2/c27-19(26-22(29)25-12-15-6-2-1-3-7-15)13-30-21(28)20-17(14-33-23-24-10-11-32-23)16-8-4-5-9-18(16)31-20/h1-9,23-24H,10-14H2,(H2,25,26,27,29)/t23-/m0/s1. The smallest absolute Gasteiger partial charge is 0.375 e. The Hall–Kier alpha value is -2.95. The zero-order valence-electron chi connectivity index (χ0n) is 17.7. The lowest BCUT2D eigenvalue weighted by atomic mass is 10.1. The molecule has 1 aliphatic rings. The molecule has 0 unspecified atom stereocenters. The van der Waals surface area contributed by atoms with Crippen molar-refractivity contribution in [2.45, 2.75) is 17.0 Å². The average molecular weight is 486 g/mol. The van der Waals surface area contributed by atoms with Crippen LogP contribution in [0.1, 0.15) is 21.7 Å². The predicted molar refractivity (Wildman–Crippen MR) is 129 cm³/mol. The van der Waals surface area contributed by atoms with Gasteiger partial charge in [-0.2, -0.15) is 0 Å². The number of urea groups is 1. The average Bonchev–Trinajstić information content (AvgIpc) is 3.48. The summed E-state index contributed by atoms with van der Waals surface area (Å²) in [5, 5.41) is 8.95. The van der Waals surface area contributed by atoms with Gasteiger partial charge in [-0.1, -0.05) is 48.5 Å². The number of fused-ring (bicyclic) bond motifs is 1. The Morgan fingerprint density at radius 3 is 2.70 bits per heavy atom. The molecule has 1 aromatic heterocycles. The first-order valence-electron chi connectivity index (χ1n) is 10.4. The van der Waals surface area contributed by atoms with Crippen molar-refractivity contribution < 1.29 is 23.5 Å². The second-order valence-corrected chi connectivity index (χ2v) is 9.77. The third kappa shape index (κ3) is 6.31. The number of carbonyl (C=O) groups is 3. The number of thioether (sulfide) groups is 2. The minimum Gasteiger partial charge on any atom is -0.450 e. The maximum Gasteiger partial charge on any atom is 0.375 e. The highest BCUT2D eigenvalue weighted by Gasteiger charge is 2.24. The molecule has 2 aromatic carbocycles. The first kappa shape index (κ1) is 23.2. The van der Waals surface area contributed by atoms with Crippen LogP contribution in [0.25, 0.3) is 11.0 Å². The normalized spacial score (nSPS) is 15.3. The highest BCUT2D eigenvalue weighted by molar-refractivity contribution is 8.16. The van der Waals surface area contributed by atoms with Crippen LogP contribution < -0.4 is 16.0 Å². The Morgan fingerprint density at radius 2 is 1.91 bits per heavy atom. The Bertz CT molecular complexity index is 1130. The summed E-state index contributed by atoms with van der Waals surface area (Å²) in [6.45, 7) is 0.631. The molecule has 0 aliphatic carbocycles. The Balaban J connectivity index is 1.32. The number of hydrogen-bond donors (Lipinski definition) is 3. The number of rotatable bonds is 8. The third-order valence-corrected chi connectivity index (χ3v) is 7.48. The molecule has 33 heavy (non-hydrogen) atoms. The summed E-state index contributed by atoms with van der Waals surface area (Å²) in [5.41, 5.74) is 2.21. The Labute approximate surface area is 199 Å². The van der Waals surface area contributed by atoms with Crippen LogP contribution in [0.4, 0.5) is 4.79 Å². The summed E-state index contributed by atoms with van der Waals surface area (Å²) in [6.07, 6.45) is 0. The predicted octanol–water partition coefficient (Wildman–Crippen LogP) is 3.47. The molecule has 3 aromatic rings. The minimum absolute atomic E-state index is 0.0769. The SMILES string of the molecule is O=C(COC(=O)c1oc2ccccc2c1CS[C@H]1NCCS1)NC(=O)NCc1ccccc1. The molecule has 0 radical (unpaired) electrons. The summed E-state index contributed by atoms with van der Waals surface area (Å²) in [6, 6.07) is 16.0. The number of hydrogen-bond acceptors (Lipinski definition) is 8. The molecule has 1 aliphatic heterocycles. The second kappa shape index (κ2) is 11.3. The lowest BCUT2D eigenvalue weighted by Crippen LogP contribution is -2.41. The Morgan fingerprint density at radius 1 is 1.12 bits per heavy atom. The molecule has 1 saturated heterocycles. The van der Waals surface area contributed by atoms with Crippen molar-refractivity contribution in [1.82, 2.24) is 16.0 Å². The van der Waals surface area contributed by atoms with Crippen LogP contribution in [0.3, 0.4) is 0 Å². The molecule has 1 atom stereocenters. The van der Waals surface area contributed by atoms with Crippen molar-refractivity contribution in [3.63, 3.8) is 0 Å². The van der Waals surface area contributed by atoms with Gasteiger partial charge in [0.15, 0.2) is 6.61 Å². The van der Waals surface area contributed by atoms with Gasteiger partial charge in [0.05, 0.1) is 0 Å². The lowest BCUT2D eigenvalue weighted by Gasteiger charge is -2.09. The highest BCUT2D eigenvalue weighted by atomic mass is 32.2. The maximum absolute atomic E-state index is 12.7. The van der Waals surface area contributed by atoms with Crippen molar-refractivity contribution in [3.8, 4) is 0 Å². The van der Waals surface area contributed by atoms with Crippen LogP contribution in [0.15, 0.2) is 59.0 Å². The van der Waals surface area contributed by atoms with E-state index in [1.807, 2.05) is 60.3 Å². The van der Waals surface area contributed by atoms with Crippen molar-refractivity contribution >= 4 is 52.4 Å². The van der Waals surface area contributed by atoms with E-state index in [1.54, 1.807) is 17.8 Å². The van der Waals surface area contributed by atoms with Crippen LogP contribution in [0, 0.1) is 0 Å². The molecular weight excluding hydrogens is 462 g/mol. The molecule has 3 amide bonds. The van der Waals surface area contributed by atoms with Gasteiger partial charge in [0.1, 0.15) is 10.3 Å². The summed E-state index contributed by atoms with van der Waals surface area (Å²) in [4.78, 5) is 36.7. The van der Waals surface area contributed by atoms with Gasteiger partial charge in [0.2, 0.25) is 5.76 Å². The lowest BCUT2D eigenvalue weighted by molar-refractivity contribution is -0.123. The van der Waals surface area contributed by atoms with E-state index in [4.69, 9.17) is 9.15 Å². The number of para-hydroxylation sites is 1. The number of esters is 1. The number of imide groups is 1. The van der Waals surface area contributed by atoms with Crippen LogP contribution in [-0.4, -0.2) is 41.5 Å². The summed E-state index contributed by atoms with van der Waals surface area (Å²) >= 11 is 3.50. The van der Waals surface area contributed by atoms with Gasteiger partial charge in [0, 0.05) is 35.5 Å². The number of ether oxygens (including phenoxy) is 1. The number of benzene rings is 2. The molecule has 0 spiro atoms. The van der Waals surface area contributed by atoms with E-state index in [-0.39, 0.29) is 17.0 Å². The molecule has 172 valence electrons. The fourth-order valence-corrected chi connectivity index (χ4v) is 5.66. The zero-order chi connectivity index (χ0) is 23.0. The topological polar surface area (TPSA) is 110 Å². The number of carbonyl (C=O) groups excluding carboxylic acids is 3. The third-order valence-electron chi connectivity index (χ3n) is 4.83. The fraction of sp³-hybridized carbons (Fsp3) is 0.261. The number of nitrogens with one attached hydrogen (secondary N) is 3. The van der Waals surface area contributed by atoms with Crippen molar-refractivity contribution in [2.24, 2.45) is 0 Å². The maximum atomic E-state index is 12.7. The van der Waals surface area contributed by atoms with E-state index in [2.05, 4.69) is 16.0 Å². The van der Waals surface area contributed by atoms with Crippen LogP contribution in [0.5, 0.6) is 0 Å². The van der Waals surface area contributed by atoms with Gasteiger partial charge < -0.3 is 14.5 Å². The van der Waals surface area contributed by atoms with Crippen LogP contribution >= 0.6 is 23.5 Å². The van der Waals surface area contributed by atoms with Crippen molar-refractivity contribution in [3.05, 3.63) is 71.5 Å². The number of furan rings is 1. The molecule has 0 saturated carbocycles. The molecule has 8 nitrogen and oxygen atoms in total. The summed E-state index contributed by atoms with van der Waals surface area (Å²) in [7, 11) is 0. The van der Waals surface area contributed by atoms with E-state index >= 15 is 0 Å². The molecular formula is C23H23N3O5S2. The van der Waals surface area contributed by atoms with Gasteiger partial charge in [-0.3, -0.25) is 15.4 Å². The van der Waals surface area contributed by atoms with E-state index < -0.39 is 24.5 Å².